The molecule has 1 aromatic carbocycles. The van der Waals surface area contributed by atoms with Crippen molar-refractivity contribution in [3.8, 4) is 0 Å². The third kappa shape index (κ3) is 2.55. The Morgan fingerprint density at radius 3 is 2.00 bits per heavy atom. The Labute approximate surface area is 99.4 Å². The number of hydrogen-bond donors (Lipinski definition) is 2. The molecule has 0 spiro atoms. The Morgan fingerprint density at radius 1 is 0.882 bits per heavy atom. The Hall–Kier alpha value is -2.49. The van der Waals surface area contributed by atoms with E-state index in [-0.39, 0.29) is 5.84 Å². The summed E-state index contributed by atoms with van der Waals surface area (Å²) in [4.78, 5) is 7.62. The lowest BCUT2D eigenvalue weighted by molar-refractivity contribution is 1.33. The first kappa shape index (κ1) is 11.0. The third-order valence-electron chi connectivity index (χ3n) is 2.26. The summed E-state index contributed by atoms with van der Waals surface area (Å²) < 4.78 is 0. The van der Waals surface area contributed by atoms with Gasteiger partial charge in [-0.1, -0.05) is 30.3 Å². The number of nitrogens with two attached hydrogens (primary N) is 1. The molecule has 1 aromatic heterocycles. The van der Waals surface area contributed by atoms with E-state index in [0.717, 1.165) is 11.1 Å². The second kappa shape index (κ2) is 5.03. The fraction of sp³-hybridized carbons (Fsp3) is 0. The van der Waals surface area contributed by atoms with Gasteiger partial charge in [0.15, 0.2) is 5.84 Å². The van der Waals surface area contributed by atoms with Crippen LogP contribution in [-0.4, -0.2) is 16.7 Å². The van der Waals surface area contributed by atoms with Crippen LogP contribution in [0, 0.1) is 5.41 Å². The minimum absolute atomic E-state index is 0.262. The zero-order chi connectivity index (χ0) is 12.1. The van der Waals surface area contributed by atoms with Crippen LogP contribution in [0.15, 0.2) is 59.9 Å². The van der Waals surface area contributed by atoms with E-state index in [9.17, 15) is 0 Å². The molecule has 2 heterocycles. The zero-order valence-electron chi connectivity index (χ0n) is 9.17. The highest BCUT2D eigenvalue weighted by Crippen LogP contribution is 2.15. The molecule has 84 valence electrons. The third-order valence-corrected chi connectivity index (χ3v) is 2.26. The minimum atomic E-state index is 0.262. The smallest absolute Gasteiger partial charge is 0.154 e. The molecule has 1 aliphatic rings. The number of hydrogen-bond acceptors (Lipinski definition) is 3. The van der Waals surface area contributed by atoms with Crippen LogP contribution in [0.1, 0.15) is 11.1 Å². The highest BCUT2D eigenvalue weighted by atomic mass is 14.9. The Bertz CT molecular complexity index is 520. The number of nitrogens with zero attached hydrogens (tertiary/aromatic N) is 2. The molecule has 0 unspecified atom stereocenters. The summed E-state index contributed by atoms with van der Waals surface area (Å²) >= 11 is 0. The molecule has 0 fully saturated rings. The fourth-order valence-electron chi connectivity index (χ4n) is 1.47. The topological polar surface area (TPSA) is 75.1 Å². The number of nitrogens with one attached hydrogen (secondary N) is 1. The van der Waals surface area contributed by atoms with Crippen LogP contribution in [0.5, 0.6) is 0 Å². The summed E-state index contributed by atoms with van der Waals surface area (Å²) in [6, 6.07) is 13.2. The predicted molar refractivity (Wildman–Crippen MR) is 68.2 cm³/mol. The summed E-state index contributed by atoms with van der Waals surface area (Å²) in [5.74, 6) is 0.712. The van der Waals surface area contributed by atoms with E-state index in [0.29, 0.717) is 5.84 Å². The van der Waals surface area contributed by atoms with Crippen molar-refractivity contribution in [2.24, 2.45) is 10.7 Å². The van der Waals surface area contributed by atoms with Crippen LogP contribution in [0.4, 0.5) is 0 Å². The lowest BCUT2D eigenvalue weighted by Crippen LogP contribution is -2.09. The van der Waals surface area contributed by atoms with Gasteiger partial charge in [-0.15, -0.1) is 0 Å². The number of aromatic nitrogens is 1. The average Bonchev–Trinajstić information content (AvgIpc) is 2.69. The van der Waals surface area contributed by atoms with Crippen molar-refractivity contribution in [1.82, 2.24) is 4.98 Å². The number of fused-ring (bicyclic) bond motifs is 1. The molecule has 0 atom stereocenters. The maximum absolute atomic E-state index is 7.39. The number of pyridine rings is 1. The predicted octanol–water partition coefficient (Wildman–Crippen LogP) is 1.81. The molecule has 0 amide bonds. The largest absolute Gasteiger partial charge is 0.383 e. The highest BCUT2D eigenvalue weighted by molar-refractivity contribution is 6.20. The van der Waals surface area contributed by atoms with E-state index in [1.54, 1.807) is 12.4 Å². The quantitative estimate of drug-likeness (QED) is 0.716. The van der Waals surface area contributed by atoms with E-state index in [1.807, 2.05) is 42.5 Å². The van der Waals surface area contributed by atoms with Crippen LogP contribution < -0.4 is 5.73 Å². The van der Waals surface area contributed by atoms with Crippen LogP contribution in [-0.2, 0) is 0 Å². The molecular weight excluding hydrogens is 212 g/mol. The number of amidine groups is 2. The lowest BCUT2D eigenvalue weighted by Gasteiger charge is -1.94. The molecule has 17 heavy (non-hydrogen) atoms. The molecule has 3 N–H and O–H groups in total. The summed E-state index contributed by atoms with van der Waals surface area (Å²) in [5, 5.41) is 7.39. The summed E-state index contributed by atoms with van der Waals surface area (Å²) in [6.45, 7) is 0. The molecule has 0 saturated carbocycles. The second-order valence-corrected chi connectivity index (χ2v) is 3.42. The van der Waals surface area contributed by atoms with Crippen molar-refractivity contribution in [1.29, 1.82) is 5.41 Å². The van der Waals surface area contributed by atoms with Crippen molar-refractivity contribution < 1.29 is 0 Å². The normalized spacial score (nSPS) is 12.2. The summed E-state index contributed by atoms with van der Waals surface area (Å²) in [5.41, 5.74) is 7.24. The Kier molecular flexibility index (Phi) is 3.25. The molecule has 0 bridgehead atoms. The monoisotopic (exact) mass is 224 g/mol. The van der Waals surface area contributed by atoms with Gasteiger partial charge in [0, 0.05) is 23.5 Å². The van der Waals surface area contributed by atoms with Crippen LogP contribution >= 0.6 is 0 Å². The molecule has 4 nitrogen and oxygen atoms in total. The Balaban J connectivity index is 0.000000153. The van der Waals surface area contributed by atoms with Crippen molar-refractivity contribution in [2.45, 2.75) is 0 Å². The van der Waals surface area contributed by atoms with Crippen LogP contribution in [0.2, 0.25) is 0 Å². The van der Waals surface area contributed by atoms with Gasteiger partial charge in [-0.25, -0.2) is 4.99 Å². The van der Waals surface area contributed by atoms with E-state index < -0.39 is 0 Å². The maximum Gasteiger partial charge on any atom is 0.154 e. The molecule has 0 aliphatic carbocycles. The molecular formula is C13H12N4. The summed E-state index contributed by atoms with van der Waals surface area (Å²) in [6.07, 6.45) is 3.50. The van der Waals surface area contributed by atoms with E-state index in [2.05, 4.69) is 9.98 Å². The lowest BCUT2D eigenvalue weighted by atomic mass is 10.1. The van der Waals surface area contributed by atoms with E-state index >= 15 is 0 Å². The standard InChI is InChI=1S/C8H7N3.C5H5N/c9-7-5-3-1-2-4-6(5)8(10)11-7;1-2-4-6-5-3-1/h1-4H,(H3,9,10,11);1-5H. The molecule has 3 rings (SSSR count). The van der Waals surface area contributed by atoms with Gasteiger partial charge in [-0.05, 0) is 12.1 Å². The van der Waals surface area contributed by atoms with E-state index in [4.69, 9.17) is 11.1 Å². The molecule has 4 heteroatoms. The van der Waals surface area contributed by atoms with Gasteiger partial charge >= 0.3 is 0 Å². The second-order valence-electron chi connectivity index (χ2n) is 3.42. The molecule has 1 aliphatic heterocycles. The first-order chi connectivity index (χ1) is 8.29. The first-order valence-corrected chi connectivity index (χ1v) is 5.16. The van der Waals surface area contributed by atoms with Crippen molar-refractivity contribution >= 4 is 11.7 Å². The van der Waals surface area contributed by atoms with Gasteiger partial charge in [-0.2, -0.15) is 0 Å². The van der Waals surface area contributed by atoms with Gasteiger partial charge in [0.1, 0.15) is 5.84 Å². The highest BCUT2D eigenvalue weighted by Gasteiger charge is 2.16. The van der Waals surface area contributed by atoms with Gasteiger partial charge in [0.25, 0.3) is 0 Å². The molecule has 0 saturated heterocycles. The van der Waals surface area contributed by atoms with E-state index in [1.165, 1.54) is 0 Å². The first-order valence-electron chi connectivity index (χ1n) is 5.16. The zero-order valence-corrected chi connectivity index (χ0v) is 9.17. The molecule has 2 aromatic rings. The molecule has 0 radical (unpaired) electrons. The number of rotatable bonds is 0. The van der Waals surface area contributed by atoms with Gasteiger partial charge in [0.2, 0.25) is 0 Å². The average molecular weight is 224 g/mol. The summed E-state index contributed by atoms with van der Waals surface area (Å²) in [7, 11) is 0. The minimum Gasteiger partial charge on any atom is -0.383 e. The van der Waals surface area contributed by atoms with Crippen molar-refractivity contribution in [3.05, 3.63) is 66.0 Å². The van der Waals surface area contributed by atoms with Gasteiger partial charge < -0.3 is 5.73 Å². The maximum atomic E-state index is 7.39. The number of aliphatic imine (C=N–C) groups is 1. The van der Waals surface area contributed by atoms with Gasteiger partial charge in [0.05, 0.1) is 0 Å². The van der Waals surface area contributed by atoms with Crippen molar-refractivity contribution in [3.63, 3.8) is 0 Å². The number of benzene rings is 1. The van der Waals surface area contributed by atoms with Crippen LogP contribution in [0.3, 0.4) is 0 Å². The fourth-order valence-corrected chi connectivity index (χ4v) is 1.47. The Morgan fingerprint density at radius 2 is 1.53 bits per heavy atom. The van der Waals surface area contributed by atoms with Crippen LogP contribution in [0.25, 0.3) is 0 Å². The van der Waals surface area contributed by atoms with Gasteiger partial charge in [-0.3, -0.25) is 10.4 Å². The van der Waals surface area contributed by atoms with Crippen molar-refractivity contribution in [2.75, 3.05) is 0 Å². The SMILES string of the molecule is N=C1N=C(N)c2ccccc21.c1ccncc1.